The van der Waals surface area contributed by atoms with Crippen molar-refractivity contribution in [2.24, 2.45) is 5.10 Å². The number of aromatic nitrogens is 1. The van der Waals surface area contributed by atoms with Gasteiger partial charge in [0.2, 0.25) is 0 Å². The second-order valence-electron chi connectivity index (χ2n) is 3.25. The third kappa shape index (κ3) is 5.41. The molecule has 0 radical (unpaired) electrons. The minimum atomic E-state index is 0.674. The van der Waals surface area contributed by atoms with Crippen LogP contribution in [0.4, 0.5) is 5.82 Å². The van der Waals surface area contributed by atoms with Gasteiger partial charge in [-0.1, -0.05) is 47.4 Å². The summed E-state index contributed by atoms with van der Waals surface area (Å²) >= 11 is 9.32. The summed E-state index contributed by atoms with van der Waals surface area (Å²) in [6.45, 7) is 4.00. The molecule has 0 aliphatic carbocycles. The fourth-order valence-corrected chi connectivity index (χ4v) is 1.74. The Morgan fingerprint density at radius 1 is 1.26 bits per heavy atom. The molecule has 100 valence electrons. The van der Waals surface area contributed by atoms with Gasteiger partial charge in [0.1, 0.15) is 5.82 Å². The molecule has 0 unspecified atom stereocenters. The number of hydrogen-bond donors (Lipinski definition) is 1. The molecule has 19 heavy (non-hydrogen) atoms. The Labute approximate surface area is 126 Å². The Hall–Kier alpha value is -1.39. The molecule has 0 fully saturated rings. The lowest BCUT2D eigenvalue weighted by atomic mass is 10.2. The molecule has 1 N–H and O–H groups in total. The summed E-state index contributed by atoms with van der Waals surface area (Å²) in [5.41, 5.74) is 3.74. The molecule has 0 amide bonds. The van der Waals surface area contributed by atoms with Crippen molar-refractivity contribution < 1.29 is 0 Å². The summed E-state index contributed by atoms with van der Waals surface area (Å²) in [5, 5.41) is 4.76. The molecule has 1 aromatic carbocycles. The maximum atomic E-state index is 5.90. The second-order valence-corrected chi connectivity index (χ2v) is 4.54. The van der Waals surface area contributed by atoms with Crippen LogP contribution >= 0.6 is 27.5 Å². The van der Waals surface area contributed by atoms with Crippen molar-refractivity contribution in [3.05, 3.63) is 57.7 Å². The van der Waals surface area contributed by atoms with Crippen molar-refractivity contribution in [3.8, 4) is 0 Å². The van der Waals surface area contributed by atoms with E-state index in [4.69, 9.17) is 11.6 Å². The van der Waals surface area contributed by atoms with Gasteiger partial charge in [-0.3, -0.25) is 5.43 Å². The molecule has 0 bridgehead atoms. The SMILES string of the molecule is CC.Clc1ccc(Br)c(/C=N/Nc2ccccn2)c1. The van der Waals surface area contributed by atoms with Gasteiger partial charge in [-0.25, -0.2) is 4.98 Å². The largest absolute Gasteiger partial charge is 0.261 e. The van der Waals surface area contributed by atoms with E-state index in [1.807, 2.05) is 50.2 Å². The molecule has 2 rings (SSSR count). The van der Waals surface area contributed by atoms with Crippen molar-refractivity contribution >= 4 is 39.6 Å². The summed E-state index contributed by atoms with van der Waals surface area (Å²) in [6, 6.07) is 11.1. The standard InChI is InChI=1S/C12H9BrClN3.C2H6/c13-11-5-4-10(14)7-9(11)8-16-17-12-3-1-2-6-15-12;1-2/h1-8H,(H,15,17);1-2H3/b16-8+;. The van der Waals surface area contributed by atoms with Crippen LogP contribution in [0.25, 0.3) is 0 Å². The highest BCUT2D eigenvalue weighted by molar-refractivity contribution is 9.10. The number of nitrogens with one attached hydrogen (secondary N) is 1. The maximum Gasteiger partial charge on any atom is 0.146 e. The summed E-state index contributed by atoms with van der Waals surface area (Å²) in [6.07, 6.45) is 3.39. The van der Waals surface area contributed by atoms with Crippen molar-refractivity contribution in [1.29, 1.82) is 0 Å². The quantitative estimate of drug-likeness (QED) is 0.632. The van der Waals surface area contributed by atoms with E-state index in [2.05, 4.69) is 31.4 Å². The van der Waals surface area contributed by atoms with Crippen LogP contribution in [0, 0.1) is 0 Å². The third-order valence-corrected chi connectivity index (χ3v) is 2.96. The van der Waals surface area contributed by atoms with Crippen LogP contribution in [-0.4, -0.2) is 11.2 Å². The van der Waals surface area contributed by atoms with Crippen molar-refractivity contribution in [3.63, 3.8) is 0 Å². The topological polar surface area (TPSA) is 37.3 Å². The highest BCUT2D eigenvalue weighted by Crippen LogP contribution is 2.19. The fraction of sp³-hybridized carbons (Fsp3) is 0.143. The van der Waals surface area contributed by atoms with E-state index >= 15 is 0 Å². The van der Waals surface area contributed by atoms with E-state index in [9.17, 15) is 0 Å². The number of anilines is 1. The average molecular weight is 341 g/mol. The molecule has 5 heteroatoms. The summed E-state index contributed by atoms with van der Waals surface area (Å²) in [7, 11) is 0. The molecule has 0 saturated carbocycles. The number of nitrogens with zero attached hydrogens (tertiary/aromatic N) is 2. The van der Waals surface area contributed by atoms with E-state index in [0.717, 1.165) is 10.0 Å². The molecular weight excluding hydrogens is 326 g/mol. The second kappa shape index (κ2) is 8.67. The van der Waals surface area contributed by atoms with E-state index < -0.39 is 0 Å². The Morgan fingerprint density at radius 2 is 2.05 bits per heavy atom. The van der Waals surface area contributed by atoms with Gasteiger partial charge in [0.05, 0.1) is 6.21 Å². The van der Waals surface area contributed by atoms with Crippen LogP contribution in [0.5, 0.6) is 0 Å². The highest BCUT2D eigenvalue weighted by atomic mass is 79.9. The van der Waals surface area contributed by atoms with Crippen LogP contribution in [0.2, 0.25) is 5.02 Å². The maximum absolute atomic E-state index is 5.90. The zero-order valence-electron chi connectivity index (χ0n) is 10.8. The summed E-state index contributed by atoms with van der Waals surface area (Å²) < 4.78 is 0.938. The monoisotopic (exact) mass is 339 g/mol. The number of rotatable bonds is 3. The van der Waals surface area contributed by atoms with Crippen molar-refractivity contribution in [1.82, 2.24) is 4.98 Å². The lowest BCUT2D eigenvalue weighted by Gasteiger charge is -2.00. The molecule has 2 aromatic rings. The molecule has 0 atom stereocenters. The van der Waals surface area contributed by atoms with E-state index in [-0.39, 0.29) is 0 Å². The number of benzene rings is 1. The van der Waals surface area contributed by atoms with Crippen LogP contribution in [0.3, 0.4) is 0 Å². The molecule has 1 heterocycles. The van der Waals surface area contributed by atoms with Gasteiger partial charge in [-0.2, -0.15) is 5.10 Å². The van der Waals surface area contributed by atoms with Gasteiger partial charge in [0, 0.05) is 21.3 Å². The first kappa shape index (κ1) is 15.7. The first-order chi connectivity index (χ1) is 9.25. The van der Waals surface area contributed by atoms with E-state index in [1.165, 1.54) is 0 Å². The fourth-order valence-electron chi connectivity index (χ4n) is 1.21. The van der Waals surface area contributed by atoms with Gasteiger partial charge >= 0.3 is 0 Å². The van der Waals surface area contributed by atoms with Gasteiger partial charge in [0.15, 0.2) is 0 Å². The first-order valence-electron chi connectivity index (χ1n) is 5.91. The van der Waals surface area contributed by atoms with Crippen molar-refractivity contribution in [2.45, 2.75) is 13.8 Å². The van der Waals surface area contributed by atoms with Gasteiger partial charge in [-0.05, 0) is 30.3 Å². The molecule has 0 aliphatic heterocycles. The smallest absolute Gasteiger partial charge is 0.146 e. The van der Waals surface area contributed by atoms with Crippen LogP contribution in [0.1, 0.15) is 19.4 Å². The molecule has 0 saturated heterocycles. The predicted molar refractivity (Wildman–Crippen MR) is 86.0 cm³/mol. The van der Waals surface area contributed by atoms with Gasteiger partial charge in [-0.15, -0.1) is 0 Å². The molecular formula is C14H15BrClN3. The average Bonchev–Trinajstić information content (AvgIpc) is 2.46. The Bertz CT molecular complexity index is 529. The Kier molecular flexibility index (Phi) is 7.15. The number of pyridine rings is 1. The Balaban J connectivity index is 0.000000861. The third-order valence-electron chi connectivity index (χ3n) is 2.01. The zero-order valence-corrected chi connectivity index (χ0v) is 13.1. The molecule has 1 aromatic heterocycles. The number of hydrogen-bond acceptors (Lipinski definition) is 3. The van der Waals surface area contributed by atoms with Crippen molar-refractivity contribution in [2.75, 3.05) is 5.43 Å². The van der Waals surface area contributed by atoms with Crippen LogP contribution in [0.15, 0.2) is 52.2 Å². The number of hydrazone groups is 1. The lowest BCUT2D eigenvalue weighted by Crippen LogP contribution is -1.93. The first-order valence-corrected chi connectivity index (χ1v) is 7.08. The minimum Gasteiger partial charge on any atom is -0.261 e. The zero-order chi connectivity index (χ0) is 14.1. The van der Waals surface area contributed by atoms with Gasteiger partial charge < -0.3 is 0 Å². The van der Waals surface area contributed by atoms with E-state index in [1.54, 1.807) is 12.4 Å². The Morgan fingerprint density at radius 3 is 2.74 bits per heavy atom. The summed E-state index contributed by atoms with van der Waals surface area (Å²) in [5.74, 6) is 0.696. The normalized spacial score (nSPS) is 9.89. The van der Waals surface area contributed by atoms with Gasteiger partial charge in [0.25, 0.3) is 0 Å². The molecule has 0 aliphatic rings. The number of halogens is 2. The van der Waals surface area contributed by atoms with Crippen LogP contribution in [-0.2, 0) is 0 Å². The predicted octanol–water partition coefficient (Wildman–Crippen LogP) is 4.97. The minimum absolute atomic E-state index is 0.674. The summed E-state index contributed by atoms with van der Waals surface area (Å²) in [4.78, 5) is 4.09. The highest BCUT2D eigenvalue weighted by Gasteiger charge is 1.97. The lowest BCUT2D eigenvalue weighted by molar-refractivity contribution is 1.23. The molecule has 0 spiro atoms. The van der Waals surface area contributed by atoms with Crippen LogP contribution < -0.4 is 5.43 Å². The molecule has 3 nitrogen and oxygen atoms in total. The van der Waals surface area contributed by atoms with E-state index in [0.29, 0.717) is 10.8 Å².